The van der Waals surface area contributed by atoms with Crippen molar-refractivity contribution in [3.8, 4) is 0 Å². The number of hydrogen-bond donors (Lipinski definition) is 0. The van der Waals surface area contributed by atoms with Gasteiger partial charge in [0.05, 0.1) is 5.92 Å². The van der Waals surface area contributed by atoms with E-state index in [0.29, 0.717) is 0 Å². The zero-order chi connectivity index (χ0) is 7.56. The first-order valence-electron chi connectivity index (χ1n) is 3.73. The highest BCUT2D eigenvalue weighted by Gasteiger charge is 2.19. The van der Waals surface area contributed by atoms with Crippen molar-refractivity contribution in [1.82, 2.24) is 0 Å². The van der Waals surface area contributed by atoms with Gasteiger partial charge in [0.25, 0.3) is 0 Å². The van der Waals surface area contributed by atoms with Crippen LogP contribution in [0.15, 0.2) is 4.99 Å². The Morgan fingerprint density at radius 2 is 2.40 bits per heavy atom. The van der Waals surface area contributed by atoms with E-state index in [1.807, 2.05) is 6.92 Å². The zero-order valence-electron chi connectivity index (χ0n) is 6.55. The average molecular weight is 139 g/mol. The Hall–Kier alpha value is -0.660. The molecule has 1 heterocycles. The molecule has 56 valence electrons. The van der Waals surface area contributed by atoms with Crippen LogP contribution in [0.25, 0.3) is 0 Å². The maximum atomic E-state index is 10.9. The fourth-order valence-corrected chi connectivity index (χ4v) is 1.37. The summed E-state index contributed by atoms with van der Waals surface area (Å²) >= 11 is 0. The lowest BCUT2D eigenvalue weighted by Gasteiger charge is -2.17. The lowest BCUT2D eigenvalue weighted by Crippen LogP contribution is -2.23. The number of hydrogen-bond acceptors (Lipinski definition) is 2. The molecular weight excluding hydrogens is 126 g/mol. The molecule has 1 unspecified atom stereocenters. The summed E-state index contributed by atoms with van der Waals surface area (Å²) in [4.78, 5) is 15.2. The molecule has 0 bridgehead atoms. The van der Waals surface area contributed by atoms with Crippen molar-refractivity contribution in [3.63, 3.8) is 0 Å². The predicted octanol–water partition coefficient (Wildman–Crippen LogP) is 1.45. The molecule has 0 N–H and O–H groups in total. The van der Waals surface area contributed by atoms with Gasteiger partial charge in [-0.2, -0.15) is 0 Å². The van der Waals surface area contributed by atoms with E-state index in [-0.39, 0.29) is 11.7 Å². The molecular formula is C8H13NO. The van der Waals surface area contributed by atoms with Gasteiger partial charge in [0.15, 0.2) is 0 Å². The van der Waals surface area contributed by atoms with Crippen LogP contribution in [-0.2, 0) is 4.79 Å². The molecule has 0 aromatic rings. The summed E-state index contributed by atoms with van der Waals surface area (Å²) in [7, 11) is 0. The van der Waals surface area contributed by atoms with Crippen LogP contribution in [0.4, 0.5) is 0 Å². The lowest BCUT2D eigenvalue weighted by atomic mass is 9.92. The van der Waals surface area contributed by atoms with Gasteiger partial charge >= 0.3 is 0 Å². The van der Waals surface area contributed by atoms with Gasteiger partial charge in [-0.25, -0.2) is 0 Å². The number of rotatable bonds is 1. The number of Topliss-reactive ketones (excluding diaryl/α,β-unsaturated/α-hetero) is 1. The second-order valence-corrected chi connectivity index (χ2v) is 2.83. The van der Waals surface area contributed by atoms with Crippen LogP contribution in [0.3, 0.4) is 0 Å². The maximum Gasteiger partial charge on any atom is 0.138 e. The van der Waals surface area contributed by atoms with Gasteiger partial charge in [-0.15, -0.1) is 0 Å². The standard InChI is InChI=1S/C8H13NO/c1-6-8(7(2)10)4-3-5-9-6/h8H,3-5H2,1-2H3. The van der Waals surface area contributed by atoms with Crippen molar-refractivity contribution in [2.45, 2.75) is 26.7 Å². The van der Waals surface area contributed by atoms with Gasteiger partial charge in [-0.05, 0) is 26.7 Å². The Morgan fingerprint density at radius 1 is 1.70 bits per heavy atom. The first kappa shape index (κ1) is 7.45. The van der Waals surface area contributed by atoms with Crippen LogP contribution >= 0.6 is 0 Å². The minimum Gasteiger partial charge on any atom is -0.299 e. The molecule has 0 saturated carbocycles. The van der Waals surface area contributed by atoms with Crippen molar-refractivity contribution in [1.29, 1.82) is 0 Å². The molecule has 0 aromatic carbocycles. The number of carbonyl (C=O) groups is 1. The maximum absolute atomic E-state index is 10.9. The molecule has 0 saturated heterocycles. The molecule has 0 aliphatic carbocycles. The SMILES string of the molecule is CC(=O)C1CCCN=C1C. The van der Waals surface area contributed by atoms with E-state index in [4.69, 9.17) is 0 Å². The summed E-state index contributed by atoms with van der Waals surface area (Å²) in [5, 5.41) is 0. The summed E-state index contributed by atoms with van der Waals surface area (Å²) in [5.41, 5.74) is 1.03. The number of aliphatic imine (C=N–C) groups is 1. The highest BCUT2D eigenvalue weighted by atomic mass is 16.1. The van der Waals surface area contributed by atoms with Crippen molar-refractivity contribution in [2.75, 3.05) is 6.54 Å². The Kier molecular flexibility index (Phi) is 2.20. The summed E-state index contributed by atoms with van der Waals surface area (Å²) in [5.74, 6) is 0.398. The zero-order valence-corrected chi connectivity index (χ0v) is 6.55. The Labute approximate surface area is 61.3 Å². The van der Waals surface area contributed by atoms with E-state index < -0.39 is 0 Å². The van der Waals surface area contributed by atoms with Gasteiger partial charge in [-0.3, -0.25) is 9.79 Å². The van der Waals surface area contributed by atoms with Crippen molar-refractivity contribution >= 4 is 11.5 Å². The molecule has 2 heteroatoms. The smallest absolute Gasteiger partial charge is 0.138 e. The Morgan fingerprint density at radius 3 is 2.80 bits per heavy atom. The number of nitrogens with zero attached hydrogens (tertiary/aromatic N) is 1. The molecule has 10 heavy (non-hydrogen) atoms. The van der Waals surface area contributed by atoms with Gasteiger partial charge in [0.2, 0.25) is 0 Å². The Balaban J connectivity index is 2.67. The second kappa shape index (κ2) is 2.95. The van der Waals surface area contributed by atoms with Gasteiger partial charge in [0, 0.05) is 12.3 Å². The largest absolute Gasteiger partial charge is 0.299 e. The van der Waals surface area contributed by atoms with Crippen LogP contribution in [0.2, 0.25) is 0 Å². The molecule has 2 nitrogen and oxygen atoms in total. The predicted molar refractivity (Wildman–Crippen MR) is 41.4 cm³/mol. The quantitative estimate of drug-likeness (QED) is 0.540. The van der Waals surface area contributed by atoms with Gasteiger partial charge in [0.1, 0.15) is 5.78 Å². The molecule has 0 aromatic heterocycles. The molecule has 1 aliphatic rings. The highest BCUT2D eigenvalue weighted by Crippen LogP contribution is 2.15. The summed E-state index contributed by atoms with van der Waals surface area (Å²) < 4.78 is 0. The van der Waals surface area contributed by atoms with Crippen molar-refractivity contribution in [3.05, 3.63) is 0 Å². The Bertz CT molecular complexity index is 172. The van der Waals surface area contributed by atoms with Gasteiger partial charge in [-0.1, -0.05) is 0 Å². The first-order chi connectivity index (χ1) is 4.72. The molecule has 1 rings (SSSR count). The van der Waals surface area contributed by atoms with Crippen LogP contribution in [0.5, 0.6) is 0 Å². The fourth-order valence-electron chi connectivity index (χ4n) is 1.37. The van der Waals surface area contributed by atoms with Crippen molar-refractivity contribution in [2.24, 2.45) is 10.9 Å². The van der Waals surface area contributed by atoms with Crippen LogP contribution in [0, 0.1) is 5.92 Å². The van der Waals surface area contributed by atoms with E-state index in [1.165, 1.54) is 0 Å². The monoisotopic (exact) mass is 139 g/mol. The summed E-state index contributed by atoms with van der Waals surface area (Å²) in [6.45, 7) is 4.51. The van der Waals surface area contributed by atoms with Crippen molar-refractivity contribution < 1.29 is 4.79 Å². The molecule has 1 atom stereocenters. The second-order valence-electron chi connectivity index (χ2n) is 2.83. The molecule has 0 radical (unpaired) electrons. The number of carbonyl (C=O) groups excluding carboxylic acids is 1. The lowest BCUT2D eigenvalue weighted by molar-refractivity contribution is -0.119. The number of ketones is 1. The molecule has 0 fully saturated rings. The van der Waals surface area contributed by atoms with Gasteiger partial charge < -0.3 is 0 Å². The van der Waals surface area contributed by atoms with Crippen LogP contribution in [0.1, 0.15) is 26.7 Å². The third-order valence-corrected chi connectivity index (χ3v) is 2.01. The van der Waals surface area contributed by atoms with E-state index in [9.17, 15) is 4.79 Å². The minimum atomic E-state index is 0.133. The normalized spacial score (nSPS) is 25.8. The minimum absolute atomic E-state index is 0.133. The average Bonchev–Trinajstić information content (AvgIpc) is 1.88. The molecule has 1 aliphatic heterocycles. The third-order valence-electron chi connectivity index (χ3n) is 2.01. The molecule has 0 amide bonds. The fraction of sp³-hybridized carbons (Fsp3) is 0.750. The van der Waals surface area contributed by atoms with Crippen LogP contribution in [-0.4, -0.2) is 18.0 Å². The van der Waals surface area contributed by atoms with E-state index in [0.717, 1.165) is 25.1 Å². The third kappa shape index (κ3) is 1.43. The van der Waals surface area contributed by atoms with E-state index >= 15 is 0 Å². The molecule has 0 spiro atoms. The van der Waals surface area contributed by atoms with E-state index in [2.05, 4.69) is 4.99 Å². The summed E-state index contributed by atoms with van der Waals surface area (Å²) in [6, 6.07) is 0. The van der Waals surface area contributed by atoms with Crippen LogP contribution < -0.4 is 0 Å². The first-order valence-corrected chi connectivity index (χ1v) is 3.73. The summed E-state index contributed by atoms with van der Waals surface area (Å²) in [6.07, 6.45) is 2.08. The van der Waals surface area contributed by atoms with E-state index in [1.54, 1.807) is 6.92 Å². The topological polar surface area (TPSA) is 29.4 Å². The highest BCUT2D eigenvalue weighted by molar-refractivity contribution is 6.03.